The average Bonchev–Trinajstić information content (AvgIpc) is 2.84. The van der Waals surface area contributed by atoms with E-state index in [-0.39, 0.29) is 0 Å². The maximum Gasteiger partial charge on any atom is 0.182 e. The minimum Gasteiger partial charge on any atom is -0.366 e. The number of hydrogen-bond acceptors (Lipinski definition) is 5. The molecule has 5 heteroatoms. The number of hydrogen-bond donors (Lipinski definition) is 1. The summed E-state index contributed by atoms with van der Waals surface area (Å²) < 4.78 is 0. The first-order valence-corrected chi connectivity index (χ1v) is 6.04. The Morgan fingerprint density at radius 1 is 1.53 bits per heavy atom. The van der Waals surface area contributed by atoms with Crippen molar-refractivity contribution in [2.24, 2.45) is 0 Å². The van der Waals surface area contributed by atoms with Crippen molar-refractivity contribution in [3.8, 4) is 6.07 Å². The van der Waals surface area contributed by atoms with Gasteiger partial charge in [0.25, 0.3) is 0 Å². The fourth-order valence-electron chi connectivity index (χ4n) is 2.31. The SMILES string of the molecule is CCN1CCCC1CNc1nccnc1C#N. The molecule has 0 aliphatic carbocycles. The van der Waals surface area contributed by atoms with Crippen molar-refractivity contribution < 1.29 is 0 Å². The van der Waals surface area contributed by atoms with E-state index in [9.17, 15) is 0 Å². The molecule has 1 aliphatic heterocycles. The summed E-state index contributed by atoms with van der Waals surface area (Å²) in [6.45, 7) is 5.27. The van der Waals surface area contributed by atoms with Crippen molar-refractivity contribution in [2.45, 2.75) is 25.8 Å². The normalized spacial score (nSPS) is 20.1. The van der Waals surface area contributed by atoms with Crippen LogP contribution in [0, 0.1) is 11.3 Å². The second kappa shape index (κ2) is 5.60. The summed E-state index contributed by atoms with van der Waals surface area (Å²) in [5, 5.41) is 12.1. The van der Waals surface area contributed by atoms with Crippen LogP contribution in [0.1, 0.15) is 25.5 Å². The van der Waals surface area contributed by atoms with Crippen molar-refractivity contribution >= 4 is 5.82 Å². The molecule has 2 heterocycles. The third kappa shape index (κ3) is 2.71. The third-order valence-corrected chi connectivity index (χ3v) is 3.21. The van der Waals surface area contributed by atoms with Gasteiger partial charge in [-0.1, -0.05) is 6.92 Å². The number of nitrogens with one attached hydrogen (secondary N) is 1. The molecule has 1 atom stereocenters. The molecule has 1 unspecified atom stereocenters. The third-order valence-electron chi connectivity index (χ3n) is 3.21. The molecule has 0 saturated carbocycles. The Labute approximate surface area is 101 Å². The molecule has 2 rings (SSSR count). The maximum absolute atomic E-state index is 8.91. The molecule has 1 fully saturated rings. The summed E-state index contributed by atoms with van der Waals surface area (Å²) >= 11 is 0. The predicted octanol–water partition coefficient (Wildman–Crippen LogP) is 1.24. The molecule has 1 aliphatic rings. The molecule has 0 radical (unpaired) electrons. The highest BCUT2D eigenvalue weighted by Crippen LogP contribution is 2.17. The topological polar surface area (TPSA) is 64.8 Å². The van der Waals surface area contributed by atoms with Crippen molar-refractivity contribution in [1.29, 1.82) is 5.26 Å². The number of aromatic nitrogens is 2. The summed E-state index contributed by atoms with van der Waals surface area (Å²) in [5.41, 5.74) is 0.369. The number of nitriles is 1. The van der Waals surface area contributed by atoms with Crippen LogP contribution >= 0.6 is 0 Å². The van der Waals surface area contributed by atoms with E-state index in [0.29, 0.717) is 17.6 Å². The maximum atomic E-state index is 8.91. The zero-order chi connectivity index (χ0) is 12.1. The van der Waals surface area contributed by atoms with E-state index in [4.69, 9.17) is 5.26 Å². The summed E-state index contributed by atoms with van der Waals surface area (Å²) in [4.78, 5) is 10.6. The zero-order valence-electron chi connectivity index (χ0n) is 10.1. The van der Waals surface area contributed by atoms with Gasteiger partial charge in [0.05, 0.1) is 0 Å². The van der Waals surface area contributed by atoms with Crippen LogP contribution in [0.2, 0.25) is 0 Å². The van der Waals surface area contributed by atoms with Gasteiger partial charge in [-0.2, -0.15) is 5.26 Å². The Hall–Kier alpha value is -1.67. The first-order chi connectivity index (χ1) is 8.35. The Balaban J connectivity index is 1.96. The van der Waals surface area contributed by atoms with Gasteiger partial charge >= 0.3 is 0 Å². The van der Waals surface area contributed by atoms with Gasteiger partial charge in [-0.3, -0.25) is 4.90 Å². The lowest BCUT2D eigenvalue weighted by Crippen LogP contribution is -2.34. The number of rotatable bonds is 4. The standard InChI is InChI=1S/C12H17N5/c1-2-17-7-3-4-10(17)9-16-12-11(8-13)14-5-6-15-12/h5-6,10H,2-4,7,9H2,1H3,(H,15,16). The lowest BCUT2D eigenvalue weighted by Gasteiger charge is -2.23. The Morgan fingerprint density at radius 3 is 3.12 bits per heavy atom. The fourth-order valence-corrected chi connectivity index (χ4v) is 2.31. The van der Waals surface area contributed by atoms with E-state index in [1.165, 1.54) is 25.6 Å². The summed E-state index contributed by atoms with van der Waals surface area (Å²) in [6.07, 6.45) is 5.61. The van der Waals surface area contributed by atoms with Gasteiger partial charge in [0.1, 0.15) is 6.07 Å². The van der Waals surface area contributed by atoms with Crippen LogP contribution in [0.15, 0.2) is 12.4 Å². The number of nitrogens with zero attached hydrogens (tertiary/aromatic N) is 4. The monoisotopic (exact) mass is 231 g/mol. The van der Waals surface area contributed by atoms with Gasteiger partial charge in [0.2, 0.25) is 0 Å². The smallest absolute Gasteiger partial charge is 0.182 e. The van der Waals surface area contributed by atoms with Gasteiger partial charge in [0, 0.05) is 25.0 Å². The highest BCUT2D eigenvalue weighted by Gasteiger charge is 2.22. The van der Waals surface area contributed by atoms with Crippen LogP contribution in [-0.2, 0) is 0 Å². The molecule has 90 valence electrons. The average molecular weight is 231 g/mol. The second-order valence-corrected chi connectivity index (χ2v) is 4.17. The molecule has 0 bridgehead atoms. The molecule has 5 nitrogen and oxygen atoms in total. The van der Waals surface area contributed by atoms with E-state index >= 15 is 0 Å². The van der Waals surface area contributed by atoms with Gasteiger partial charge in [-0.25, -0.2) is 9.97 Å². The second-order valence-electron chi connectivity index (χ2n) is 4.17. The predicted molar refractivity (Wildman–Crippen MR) is 65.5 cm³/mol. The molecule has 1 aromatic rings. The zero-order valence-corrected chi connectivity index (χ0v) is 10.1. The van der Waals surface area contributed by atoms with Crippen LogP contribution in [-0.4, -0.2) is 40.5 Å². The molecular weight excluding hydrogens is 214 g/mol. The van der Waals surface area contributed by atoms with Crippen molar-refractivity contribution in [2.75, 3.05) is 25.0 Å². The van der Waals surface area contributed by atoms with Crippen LogP contribution in [0.25, 0.3) is 0 Å². The van der Waals surface area contributed by atoms with Crippen LogP contribution in [0.4, 0.5) is 5.82 Å². The first-order valence-electron chi connectivity index (χ1n) is 6.04. The quantitative estimate of drug-likeness (QED) is 0.844. The summed E-state index contributed by atoms with van der Waals surface area (Å²) in [5.74, 6) is 0.595. The first kappa shape index (κ1) is 11.8. The van der Waals surface area contributed by atoms with Crippen LogP contribution < -0.4 is 5.32 Å². The van der Waals surface area contributed by atoms with Gasteiger partial charge in [0.15, 0.2) is 11.5 Å². The Bertz CT molecular complexity index is 412. The number of likely N-dealkylation sites (tertiary alicyclic amines) is 1. The minimum atomic E-state index is 0.369. The van der Waals surface area contributed by atoms with E-state index in [1.807, 2.05) is 6.07 Å². The van der Waals surface area contributed by atoms with Gasteiger partial charge < -0.3 is 5.32 Å². The van der Waals surface area contributed by atoms with E-state index in [0.717, 1.165) is 13.1 Å². The van der Waals surface area contributed by atoms with E-state index in [2.05, 4.69) is 27.1 Å². The molecule has 1 saturated heterocycles. The fraction of sp³-hybridized carbons (Fsp3) is 0.583. The molecular formula is C12H17N5. The largest absolute Gasteiger partial charge is 0.366 e. The highest BCUT2D eigenvalue weighted by atomic mass is 15.2. The van der Waals surface area contributed by atoms with Crippen molar-refractivity contribution in [1.82, 2.24) is 14.9 Å². The van der Waals surface area contributed by atoms with Gasteiger partial charge in [-0.05, 0) is 25.9 Å². The lowest BCUT2D eigenvalue weighted by atomic mass is 10.2. The Kier molecular flexibility index (Phi) is 3.89. The molecule has 0 amide bonds. The van der Waals surface area contributed by atoms with E-state index < -0.39 is 0 Å². The van der Waals surface area contributed by atoms with Crippen LogP contribution in [0.5, 0.6) is 0 Å². The molecule has 1 aromatic heterocycles. The summed E-state index contributed by atoms with van der Waals surface area (Å²) in [6, 6.07) is 2.60. The molecule has 0 spiro atoms. The number of anilines is 1. The summed E-state index contributed by atoms with van der Waals surface area (Å²) in [7, 11) is 0. The van der Waals surface area contributed by atoms with Crippen molar-refractivity contribution in [3.05, 3.63) is 18.1 Å². The molecule has 17 heavy (non-hydrogen) atoms. The van der Waals surface area contributed by atoms with E-state index in [1.54, 1.807) is 6.20 Å². The molecule has 1 N–H and O–H groups in total. The highest BCUT2D eigenvalue weighted by molar-refractivity contribution is 5.46. The lowest BCUT2D eigenvalue weighted by molar-refractivity contribution is 0.277. The van der Waals surface area contributed by atoms with Gasteiger partial charge in [-0.15, -0.1) is 0 Å². The Morgan fingerprint density at radius 2 is 2.35 bits per heavy atom. The van der Waals surface area contributed by atoms with Crippen LogP contribution in [0.3, 0.4) is 0 Å². The minimum absolute atomic E-state index is 0.369. The number of likely N-dealkylation sites (N-methyl/N-ethyl adjacent to an activating group) is 1. The molecule has 0 aromatic carbocycles. The van der Waals surface area contributed by atoms with Crippen molar-refractivity contribution in [3.63, 3.8) is 0 Å².